The zero-order chi connectivity index (χ0) is 31.9. The number of rotatable bonds is 6. The minimum absolute atomic E-state index is 0.201. The van der Waals surface area contributed by atoms with Crippen LogP contribution in [0.1, 0.15) is 48.3 Å². The Morgan fingerprint density at radius 2 is 1.48 bits per heavy atom. The maximum Gasteiger partial charge on any atom is 0.0598 e. The standard InChI is InChI=1S/C46H37NS/c1-3-12-32(13-4-1)33-24-28-37(29-25-33)47(38-30-26-36(27-31-38)40-19-9-17-34-16-7-8-18-39(34)40)43-22-10-21-42-45-41(35-14-5-2-6-15-35)20-11-23-44(45)48-46(42)43/h2-3,5-18,20-30,38,40H,1,4,19,31H2. The summed E-state index contributed by atoms with van der Waals surface area (Å²) in [5.41, 5.74) is 11.9. The molecule has 0 N–H and O–H groups in total. The molecule has 0 saturated carbocycles. The van der Waals surface area contributed by atoms with Crippen molar-refractivity contribution in [1.82, 2.24) is 0 Å². The molecule has 0 aliphatic heterocycles. The molecule has 3 aliphatic carbocycles. The summed E-state index contributed by atoms with van der Waals surface area (Å²) in [6, 6.07) is 42.8. The van der Waals surface area contributed by atoms with Crippen LogP contribution >= 0.6 is 11.3 Å². The molecule has 0 radical (unpaired) electrons. The zero-order valence-corrected chi connectivity index (χ0v) is 27.7. The maximum absolute atomic E-state index is 2.59. The lowest BCUT2D eigenvalue weighted by Gasteiger charge is -2.35. The van der Waals surface area contributed by atoms with Crippen molar-refractivity contribution in [3.05, 3.63) is 180 Å². The van der Waals surface area contributed by atoms with Crippen molar-refractivity contribution in [2.24, 2.45) is 0 Å². The van der Waals surface area contributed by atoms with E-state index in [0.717, 1.165) is 25.7 Å². The molecule has 6 aromatic rings. The summed E-state index contributed by atoms with van der Waals surface area (Å²) in [5, 5.41) is 2.68. The Kier molecular flexibility index (Phi) is 7.52. The molecule has 232 valence electrons. The highest BCUT2D eigenvalue weighted by Crippen LogP contribution is 2.47. The Labute approximate surface area is 287 Å². The molecule has 48 heavy (non-hydrogen) atoms. The van der Waals surface area contributed by atoms with Crippen molar-refractivity contribution in [1.29, 1.82) is 0 Å². The largest absolute Gasteiger partial charge is 0.333 e. The predicted molar refractivity (Wildman–Crippen MR) is 208 cm³/mol. The van der Waals surface area contributed by atoms with Crippen LogP contribution in [0.2, 0.25) is 0 Å². The molecular formula is C46H37NS. The zero-order valence-electron chi connectivity index (χ0n) is 26.9. The normalized spacial score (nSPS) is 18.5. The third-order valence-corrected chi connectivity index (χ3v) is 11.4. The second-order valence-electron chi connectivity index (χ2n) is 13.0. The number of fused-ring (bicyclic) bond motifs is 4. The summed E-state index contributed by atoms with van der Waals surface area (Å²) in [5.74, 6) is 0.412. The van der Waals surface area contributed by atoms with Gasteiger partial charge < -0.3 is 4.90 Å². The van der Waals surface area contributed by atoms with Crippen molar-refractivity contribution in [3.63, 3.8) is 0 Å². The SMILES string of the molecule is C1=CC(c2ccc(N(c3cccc4c3sc3cccc(-c5ccccc5)c34)C3C=CC(C4CC=Cc5ccccc54)=CC3)cc2)=CCC1. The summed E-state index contributed by atoms with van der Waals surface area (Å²) in [6.45, 7) is 0. The van der Waals surface area contributed by atoms with E-state index in [0.29, 0.717) is 5.92 Å². The fraction of sp³-hybridized carbons (Fsp3) is 0.130. The van der Waals surface area contributed by atoms with Gasteiger partial charge in [-0.2, -0.15) is 0 Å². The fourth-order valence-electron chi connectivity index (χ4n) is 7.86. The first-order valence-electron chi connectivity index (χ1n) is 17.2. The summed E-state index contributed by atoms with van der Waals surface area (Å²) in [4.78, 5) is 2.59. The van der Waals surface area contributed by atoms with Gasteiger partial charge in [0, 0.05) is 27.1 Å². The van der Waals surface area contributed by atoms with Crippen LogP contribution in [0, 0.1) is 0 Å². The van der Waals surface area contributed by atoms with E-state index in [1.165, 1.54) is 70.5 Å². The first-order chi connectivity index (χ1) is 23.8. The van der Waals surface area contributed by atoms with E-state index in [2.05, 4.69) is 169 Å². The van der Waals surface area contributed by atoms with Crippen LogP contribution in [0.4, 0.5) is 11.4 Å². The van der Waals surface area contributed by atoms with E-state index in [1.807, 2.05) is 11.3 Å². The lowest BCUT2D eigenvalue weighted by Crippen LogP contribution is -2.30. The molecule has 3 aliphatic rings. The molecule has 0 amide bonds. The van der Waals surface area contributed by atoms with E-state index in [1.54, 1.807) is 0 Å². The summed E-state index contributed by atoms with van der Waals surface area (Å²) in [6.07, 6.45) is 23.2. The van der Waals surface area contributed by atoms with Gasteiger partial charge in [-0.25, -0.2) is 0 Å². The van der Waals surface area contributed by atoms with Gasteiger partial charge in [-0.3, -0.25) is 0 Å². The monoisotopic (exact) mass is 635 g/mol. The number of benzene rings is 5. The highest BCUT2D eigenvalue weighted by Gasteiger charge is 2.27. The fourth-order valence-corrected chi connectivity index (χ4v) is 9.10. The second kappa shape index (κ2) is 12.4. The Morgan fingerprint density at radius 3 is 2.31 bits per heavy atom. The molecule has 1 aromatic heterocycles. The predicted octanol–water partition coefficient (Wildman–Crippen LogP) is 13.0. The van der Waals surface area contributed by atoms with E-state index in [4.69, 9.17) is 0 Å². The number of thiophene rings is 1. The van der Waals surface area contributed by atoms with Crippen molar-refractivity contribution in [2.75, 3.05) is 4.90 Å². The summed E-state index contributed by atoms with van der Waals surface area (Å²) in [7, 11) is 0. The molecular weight excluding hydrogens is 599 g/mol. The average molecular weight is 636 g/mol. The molecule has 9 rings (SSSR count). The molecule has 1 heterocycles. The minimum Gasteiger partial charge on any atom is -0.333 e. The Hall–Kier alpha value is -5.18. The smallest absolute Gasteiger partial charge is 0.0598 e. The van der Waals surface area contributed by atoms with Crippen LogP contribution in [0.3, 0.4) is 0 Å². The number of allylic oxidation sites excluding steroid dienone is 7. The third-order valence-electron chi connectivity index (χ3n) is 10.2. The molecule has 2 heteroatoms. The minimum atomic E-state index is 0.201. The van der Waals surface area contributed by atoms with Crippen LogP contribution in [-0.2, 0) is 0 Å². The van der Waals surface area contributed by atoms with E-state index < -0.39 is 0 Å². The maximum atomic E-state index is 2.59. The van der Waals surface area contributed by atoms with Gasteiger partial charge >= 0.3 is 0 Å². The Bertz CT molecular complexity index is 2290. The van der Waals surface area contributed by atoms with Gasteiger partial charge in [0.15, 0.2) is 0 Å². The van der Waals surface area contributed by atoms with E-state index in [9.17, 15) is 0 Å². The average Bonchev–Trinajstić information content (AvgIpc) is 3.56. The topological polar surface area (TPSA) is 3.24 Å². The van der Waals surface area contributed by atoms with Crippen molar-refractivity contribution >= 4 is 54.5 Å². The number of hydrogen-bond acceptors (Lipinski definition) is 2. The van der Waals surface area contributed by atoms with Crippen LogP contribution in [-0.4, -0.2) is 6.04 Å². The lowest BCUT2D eigenvalue weighted by molar-refractivity contribution is 0.747. The van der Waals surface area contributed by atoms with E-state index in [-0.39, 0.29) is 6.04 Å². The molecule has 0 spiro atoms. The Morgan fingerprint density at radius 1 is 0.625 bits per heavy atom. The van der Waals surface area contributed by atoms with Gasteiger partial charge in [-0.05, 0) is 88.9 Å². The lowest BCUT2D eigenvalue weighted by atomic mass is 9.80. The van der Waals surface area contributed by atoms with Gasteiger partial charge in [0.1, 0.15) is 0 Å². The molecule has 0 bridgehead atoms. The number of nitrogens with zero attached hydrogens (tertiary/aromatic N) is 1. The molecule has 2 unspecified atom stereocenters. The second-order valence-corrected chi connectivity index (χ2v) is 14.1. The first kappa shape index (κ1) is 29.0. The Balaban J connectivity index is 1.15. The van der Waals surface area contributed by atoms with Crippen molar-refractivity contribution in [2.45, 2.75) is 37.6 Å². The van der Waals surface area contributed by atoms with Gasteiger partial charge in [-0.15, -0.1) is 11.3 Å². The van der Waals surface area contributed by atoms with Crippen LogP contribution in [0.25, 0.3) is 42.9 Å². The van der Waals surface area contributed by atoms with Crippen LogP contribution in [0.15, 0.2) is 163 Å². The number of hydrogen-bond donors (Lipinski definition) is 0. The molecule has 2 atom stereocenters. The van der Waals surface area contributed by atoms with Gasteiger partial charge in [0.2, 0.25) is 0 Å². The summed E-state index contributed by atoms with van der Waals surface area (Å²) >= 11 is 1.92. The molecule has 0 saturated heterocycles. The number of anilines is 2. The van der Waals surface area contributed by atoms with E-state index >= 15 is 0 Å². The van der Waals surface area contributed by atoms with Gasteiger partial charge in [0.25, 0.3) is 0 Å². The first-order valence-corrected chi connectivity index (χ1v) is 18.0. The van der Waals surface area contributed by atoms with Gasteiger partial charge in [-0.1, -0.05) is 140 Å². The van der Waals surface area contributed by atoms with Gasteiger partial charge in [0.05, 0.1) is 16.4 Å². The third kappa shape index (κ3) is 5.18. The van der Waals surface area contributed by atoms with Crippen molar-refractivity contribution in [3.8, 4) is 11.1 Å². The highest BCUT2D eigenvalue weighted by molar-refractivity contribution is 7.26. The quantitative estimate of drug-likeness (QED) is 0.176. The van der Waals surface area contributed by atoms with Crippen LogP contribution in [0.5, 0.6) is 0 Å². The highest BCUT2D eigenvalue weighted by atomic mass is 32.1. The molecule has 1 nitrogen and oxygen atoms in total. The molecule has 0 fully saturated rings. The van der Waals surface area contributed by atoms with Crippen molar-refractivity contribution < 1.29 is 0 Å². The van der Waals surface area contributed by atoms with Crippen LogP contribution < -0.4 is 4.90 Å². The summed E-state index contributed by atoms with van der Waals surface area (Å²) < 4.78 is 2.67. The molecule has 5 aromatic carbocycles.